The highest BCUT2D eigenvalue weighted by molar-refractivity contribution is 7.79. The topological polar surface area (TPSA) is 107 Å². The van der Waals surface area contributed by atoms with Crippen molar-refractivity contribution in [2.75, 3.05) is 0 Å². The van der Waals surface area contributed by atoms with Gasteiger partial charge in [0.25, 0.3) is 0 Å². The van der Waals surface area contributed by atoms with Crippen molar-refractivity contribution in [1.82, 2.24) is 5.32 Å². The standard InChI is InChI=1S/C5H13NO.H2O4S/c1-4(2)6-5(3)7;1-5(2,3)4/h4-7H,1-3H3;(H2,1,2,3,4). The third kappa shape index (κ3) is 52.7. The molecule has 7 heteroatoms. The van der Waals surface area contributed by atoms with Gasteiger partial charge in [-0.15, -0.1) is 0 Å². The van der Waals surface area contributed by atoms with Crippen molar-refractivity contribution >= 4 is 10.4 Å². The molecule has 6 nitrogen and oxygen atoms in total. The summed E-state index contributed by atoms with van der Waals surface area (Å²) in [6.07, 6.45) is -0.375. The summed E-state index contributed by atoms with van der Waals surface area (Å²) in [5.41, 5.74) is 0. The first-order valence-corrected chi connectivity index (χ1v) is 4.66. The first kappa shape index (κ1) is 14.3. The largest absolute Gasteiger partial charge is 0.394 e. The molecule has 0 fully saturated rings. The monoisotopic (exact) mass is 201 g/mol. The normalized spacial score (nSPS) is 13.6. The third-order valence-corrected chi connectivity index (χ3v) is 0.575. The molecule has 0 aromatic rings. The summed E-state index contributed by atoms with van der Waals surface area (Å²) in [6.45, 7) is 5.69. The van der Waals surface area contributed by atoms with Gasteiger partial charge in [0.15, 0.2) is 0 Å². The zero-order chi connectivity index (χ0) is 10.4. The van der Waals surface area contributed by atoms with Crippen LogP contribution < -0.4 is 5.32 Å². The first-order chi connectivity index (χ1) is 5.13. The van der Waals surface area contributed by atoms with E-state index in [9.17, 15) is 0 Å². The van der Waals surface area contributed by atoms with E-state index < -0.39 is 10.4 Å². The maximum absolute atomic E-state index is 8.74. The maximum Gasteiger partial charge on any atom is 0.394 e. The van der Waals surface area contributed by atoms with Crippen LogP contribution >= 0.6 is 0 Å². The van der Waals surface area contributed by atoms with Gasteiger partial charge in [0.1, 0.15) is 6.23 Å². The summed E-state index contributed by atoms with van der Waals surface area (Å²) < 4.78 is 31.6. The van der Waals surface area contributed by atoms with Gasteiger partial charge in [0.2, 0.25) is 0 Å². The fraction of sp³-hybridized carbons (Fsp3) is 1.00. The van der Waals surface area contributed by atoms with Crippen LogP contribution in [0.15, 0.2) is 0 Å². The molecule has 12 heavy (non-hydrogen) atoms. The highest BCUT2D eigenvalue weighted by Gasteiger charge is 1.93. The van der Waals surface area contributed by atoms with E-state index in [1.165, 1.54) is 0 Å². The van der Waals surface area contributed by atoms with E-state index >= 15 is 0 Å². The average molecular weight is 201 g/mol. The fourth-order valence-corrected chi connectivity index (χ4v) is 0.482. The van der Waals surface area contributed by atoms with Crippen molar-refractivity contribution in [3.63, 3.8) is 0 Å². The highest BCUT2D eigenvalue weighted by Crippen LogP contribution is 1.77. The van der Waals surface area contributed by atoms with Crippen LogP contribution in [-0.2, 0) is 10.4 Å². The third-order valence-electron chi connectivity index (χ3n) is 0.575. The lowest BCUT2D eigenvalue weighted by Gasteiger charge is -2.09. The zero-order valence-electron chi connectivity index (χ0n) is 7.22. The minimum absolute atomic E-state index is 0.375. The lowest BCUT2D eigenvalue weighted by molar-refractivity contribution is 0.146. The van der Waals surface area contributed by atoms with Crippen LogP contribution in [0, 0.1) is 0 Å². The van der Waals surface area contributed by atoms with Crippen LogP contribution in [0.5, 0.6) is 0 Å². The van der Waals surface area contributed by atoms with Crippen LogP contribution in [0.4, 0.5) is 0 Å². The van der Waals surface area contributed by atoms with Crippen molar-refractivity contribution in [1.29, 1.82) is 0 Å². The molecule has 0 saturated carbocycles. The molecular formula is C5H15NO5S. The molecule has 0 heterocycles. The lowest BCUT2D eigenvalue weighted by Crippen LogP contribution is -2.31. The molecule has 4 N–H and O–H groups in total. The Labute approximate surface area is 72.2 Å². The molecule has 0 bridgehead atoms. The Morgan fingerprint density at radius 3 is 1.42 bits per heavy atom. The van der Waals surface area contributed by atoms with Crippen LogP contribution in [0.25, 0.3) is 0 Å². The summed E-state index contributed by atoms with van der Waals surface area (Å²) in [4.78, 5) is 0. The van der Waals surface area contributed by atoms with Crippen molar-refractivity contribution in [2.45, 2.75) is 33.0 Å². The number of hydrogen-bond donors (Lipinski definition) is 4. The zero-order valence-corrected chi connectivity index (χ0v) is 8.04. The number of aliphatic hydroxyl groups is 1. The molecule has 0 spiro atoms. The van der Waals surface area contributed by atoms with Gasteiger partial charge >= 0.3 is 10.4 Å². The number of hydrogen-bond acceptors (Lipinski definition) is 4. The summed E-state index contributed by atoms with van der Waals surface area (Å²) in [7, 11) is -4.67. The lowest BCUT2D eigenvalue weighted by atomic mass is 10.4. The van der Waals surface area contributed by atoms with E-state index in [1.54, 1.807) is 6.92 Å². The Morgan fingerprint density at radius 1 is 1.17 bits per heavy atom. The van der Waals surface area contributed by atoms with E-state index in [0.29, 0.717) is 6.04 Å². The maximum atomic E-state index is 8.74. The second kappa shape index (κ2) is 6.32. The molecule has 1 unspecified atom stereocenters. The average Bonchev–Trinajstić information content (AvgIpc) is 1.52. The molecule has 0 aliphatic carbocycles. The molecular weight excluding hydrogens is 186 g/mol. The van der Waals surface area contributed by atoms with Gasteiger partial charge in [-0.3, -0.25) is 14.4 Å². The molecule has 0 radical (unpaired) electrons. The van der Waals surface area contributed by atoms with Crippen LogP contribution in [0.1, 0.15) is 20.8 Å². The molecule has 1 atom stereocenters. The van der Waals surface area contributed by atoms with Crippen molar-refractivity contribution in [2.24, 2.45) is 0 Å². The SMILES string of the molecule is CC(C)NC(C)O.O=S(=O)(O)O. The summed E-state index contributed by atoms with van der Waals surface area (Å²) in [5.74, 6) is 0. The Bertz CT molecular complexity index is 172. The van der Waals surface area contributed by atoms with Gasteiger partial charge in [-0.2, -0.15) is 8.42 Å². The number of rotatable bonds is 2. The summed E-state index contributed by atoms with van der Waals surface area (Å²) in [6, 6.07) is 0.375. The van der Waals surface area contributed by atoms with E-state index in [0.717, 1.165) is 0 Å². The molecule has 0 aliphatic rings. The predicted molar refractivity (Wildman–Crippen MR) is 44.1 cm³/mol. The van der Waals surface area contributed by atoms with Crippen molar-refractivity contribution in [3.8, 4) is 0 Å². The van der Waals surface area contributed by atoms with E-state index in [-0.39, 0.29) is 6.23 Å². The van der Waals surface area contributed by atoms with Crippen molar-refractivity contribution < 1.29 is 22.6 Å². The molecule has 0 aliphatic heterocycles. The Hall–Kier alpha value is -0.210. The van der Waals surface area contributed by atoms with Crippen molar-refractivity contribution in [3.05, 3.63) is 0 Å². The number of nitrogens with one attached hydrogen (secondary N) is 1. The molecule has 0 saturated heterocycles. The van der Waals surface area contributed by atoms with Gasteiger partial charge in [-0.05, 0) is 20.8 Å². The summed E-state index contributed by atoms with van der Waals surface area (Å²) in [5, 5.41) is 11.5. The summed E-state index contributed by atoms with van der Waals surface area (Å²) >= 11 is 0. The van der Waals surface area contributed by atoms with Crippen LogP contribution in [0.3, 0.4) is 0 Å². The molecule has 0 rings (SSSR count). The van der Waals surface area contributed by atoms with Gasteiger partial charge in [-0.25, -0.2) is 0 Å². The Balaban J connectivity index is 0. The second-order valence-electron chi connectivity index (χ2n) is 2.45. The van der Waals surface area contributed by atoms with Gasteiger partial charge in [0.05, 0.1) is 0 Å². The fourth-order valence-electron chi connectivity index (χ4n) is 0.482. The van der Waals surface area contributed by atoms with E-state index in [1.807, 2.05) is 13.8 Å². The van der Waals surface area contributed by atoms with Gasteiger partial charge < -0.3 is 5.11 Å². The quantitative estimate of drug-likeness (QED) is 0.360. The highest BCUT2D eigenvalue weighted by atomic mass is 32.3. The predicted octanol–water partition coefficient (Wildman–Crippen LogP) is -0.330. The minimum Gasteiger partial charge on any atom is -0.379 e. The van der Waals surface area contributed by atoms with Gasteiger partial charge in [-0.1, -0.05) is 0 Å². The molecule has 76 valence electrons. The second-order valence-corrected chi connectivity index (χ2v) is 3.34. The first-order valence-electron chi connectivity index (χ1n) is 3.27. The van der Waals surface area contributed by atoms with Crippen LogP contribution in [0.2, 0.25) is 0 Å². The Morgan fingerprint density at radius 2 is 1.42 bits per heavy atom. The molecule has 0 aromatic heterocycles. The minimum atomic E-state index is -4.67. The Kier molecular flexibility index (Phi) is 7.54. The van der Waals surface area contributed by atoms with Crippen LogP contribution in [-0.4, -0.2) is 34.9 Å². The number of aliphatic hydroxyl groups excluding tert-OH is 1. The smallest absolute Gasteiger partial charge is 0.379 e. The van der Waals surface area contributed by atoms with Gasteiger partial charge in [0, 0.05) is 6.04 Å². The molecule has 0 amide bonds. The van der Waals surface area contributed by atoms with E-state index in [4.69, 9.17) is 22.6 Å². The molecule has 0 aromatic carbocycles. The van der Waals surface area contributed by atoms with E-state index in [2.05, 4.69) is 5.32 Å².